The number of benzene rings is 1. The average molecular weight is 322 g/mol. The maximum absolute atomic E-state index is 10.8. The highest BCUT2D eigenvalue weighted by Crippen LogP contribution is 2.38. The summed E-state index contributed by atoms with van der Waals surface area (Å²) in [6.45, 7) is 14.9. The number of aliphatic hydroxyl groups is 1. The molecular weight excluding hydrogens is 286 g/mol. The largest absolute Gasteiger partial charge is 0.507 e. The van der Waals surface area contributed by atoms with Gasteiger partial charge < -0.3 is 15.1 Å². The molecule has 0 aliphatic heterocycles. The Morgan fingerprint density at radius 3 is 2.04 bits per heavy atom. The predicted molar refractivity (Wildman–Crippen MR) is 98.2 cm³/mol. The van der Waals surface area contributed by atoms with Crippen LogP contribution < -0.4 is 0 Å². The number of hydrogen-bond acceptors (Lipinski definition) is 3. The summed E-state index contributed by atoms with van der Waals surface area (Å²) in [5.41, 5.74) is 3.24. The summed E-state index contributed by atoms with van der Waals surface area (Å²) in [6.07, 6.45) is 1.80. The standard InChI is InChI=1S/C20H35NO2/c1-19(2,3)16-12-15(14-21(7)10-8-9-11-22)18(23)17(13-16)20(4,5)6/h12-13,22-23H,8-11,14H2,1-7H3. The monoisotopic (exact) mass is 321 g/mol. The molecule has 23 heavy (non-hydrogen) atoms. The number of hydrogen-bond donors (Lipinski definition) is 2. The Labute approximate surface area is 142 Å². The fourth-order valence-electron chi connectivity index (χ4n) is 2.68. The fourth-order valence-corrected chi connectivity index (χ4v) is 2.68. The number of nitrogens with zero attached hydrogens (tertiary/aromatic N) is 1. The quantitative estimate of drug-likeness (QED) is 0.772. The highest BCUT2D eigenvalue weighted by atomic mass is 16.3. The first-order valence-electron chi connectivity index (χ1n) is 8.63. The summed E-state index contributed by atoms with van der Waals surface area (Å²) in [5.74, 6) is 0.430. The number of phenolic OH excluding ortho intramolecular Hbond substituents is 1. The molecule has 0 unspecified atom stereocenters. The van der Waals surface area contributed by atoms with Crippen LogP contribution in [0.1, 0.15) is 71.1 Å². The maximum atomic E-state index is 10.8. The smallest absolute Gasteiger partial charge is 0.123 e. The summed E-state index contributed by atoms with van der Waals surface area (Å²) in [7, 11) is 2.07. The third-order valence-corrected chi connectivity index (χ3v) is 4.25. The molecule has 0 saturated heterocycles. The van der Waals surface area contributed by atoms with Crippen LogP contribution in [0.2, 0.25) is 0 Å². The van der Waals surface area contributed by atoms with Crippen LogP contribution in [0.3, 0.4) is 0 Å². The van der Waals surface area contributed by atoms with Crippen molar-refractivity contribution in [3.63, 3.8) is 0 Å². The summed E-state index contributed by atoms with van der Waals surface area (Å²) >= 11 is 0. The van der Waals surface area contributed by atoms with Gasteiger partial charge in [0.2, 0.25) is 0 Å². The third-order valence-electron chi connectivity index (χ3n) is 4.25. The van der Waals surface area contributed by atoms with Crippen LogP contribution in [0.5, 0.6) is 5.75 Å². The number of phenols is 1. The van der Waals surface area contributed by atoms with Crippen molar-refractivity contribution in [2.75, 3.05) is 20.2 Å². The second kappa shape index (κ2) is 7.67. The zero-order chi connectivity index (χ0) is 17.8. The molecule has 3 nitrogen and oxygen atoms in total. The zero-order valence-corrected chi connectivity index (χ0v) is 16.0. The van der Waals surface area contributed by atoms with Crippen molar-refractivity contribution in [1.82, 2.24) is 4.90 Å². The van der Waals surface area contributed by atoms with Gasteiger partial charge in [-0.1, -0.05) is 53.7 Å². The van der Waals surface area contributed by atoms with Gasteiger partial charge >= 0.3 is 0 Å². The van der Waals surface area contributed by atoms with E-state index in [1.54, 1.807) is 0 Å². The van der Waals surface area contributed by atoms with Crippen LogP contribution in [0.15, 0.2) is 12.1 Å². The van der Waals surface area contributed by atoms with E-state index in [1.807, 2.05) is 0 Å². The van der Waals surface area contributed by atoms with E-state index < -0.39 is 0 Å². The summed E-state index contributed by atoms with van der Waals surface area (Å²) in [4.78, 5) is 2.21. The topological polar surface area (TPSA) is 43.7 Å². The molecule has 3 heteroatoms. The Hall–Kier alpha value is -1.06. The molecule has 0 saturated carbocycles. The van der Waals surface area contributed by atoms with Crippen molar-refractivity contribution in [2.24, 2.45) is 0 Å². The summed E-state index contributed by atoms with van der Waals surface area (Å²) < 4.78 is 0. The lowest BCUT2D eigenvalue weighted by Gasteiger charge is -2.28. The first kappa shape index (κ1) is 20.0. The first-order chi connectivity index (χ1) is 10.5. The van der Waals surface area contributed by atoms with E-state index in [2.05, 4.69) is 65.6 Å². The van der Waals surface area contributed by atoms with E-state index in [1.165, 1.54) is 5.56 Å². The van der Waals surface area contributed by atoms with Crippen molar-refractivity contribution in [1.29, 1.82) is 0 Å². The molecule has 0 amide bonds. The van der Waals surface area contributed by atoms with Gasteiger partial charge in [0.05, 0.1) is 0 Å². The molecule has 0 aliphatic carbocycles. The minimum atomic E-state index is -0.0877. The van der Waals surface area contributed by atoms with Crippen molar-refractivity contribution in [3.8, 4) is 5.75 Å². The van der Waals surface area contributed by atoms with E-state index in [9.17, 15) is 5.11 Å². The zero-order valence-electron chi connectivity index (χ0n) is 16.0. The highest BCUT2D eigenvalue weighted by Gasteiger charge is 2.25. The minimum absolute atomic E-state index is 0.0535. The van der Waals surface area contributed by atoms with E-state index in [0.717, 1.165) is 37.1 Å². The Balaban J connectivity index is 3.15. The number of rotatable bonds is 6. The molecule has 1 aromatic rings. The van der Waals surface area contributed by atoms with Gasteiger partial charge in [-0.2, -0.15) is 0 Å². The van der Waals surface area contributed by atoms with Crippen LogP contribution in [0.4, 0.5) is 0 Å². The first-order valence-corrected chi connectivity index (χ1v) is 8.63. The molecule has 0 atom stereocenters. The van der Waals surface area contributed by atoms with Gasteiger partial charge in [-0.15, -0.1) is 0 Å². The highest BCUT2D eigenvalue weighted by molar-refractivity contribution is 5.48. The van der Waals surface area contributed by atoms with Gasteiger partial charge in [0.15, 0.2) is 0 Å². The molecule has 0 fully saturated rings. The average Bonchev–Trinajstić information content (AvgIpc) is 2.38. The van der Waals surface area contributed by atoms with E-state index >= 15 is 0 Å². The lowest BCUT2D eigenvalue weighted by atomic mass is 9.79. The summed E-state index contributed by atoms with van der Waals surface area (Å²) in [5, 5.41) is 19.7. The van der Waals surface area contributed by atoms with Gasteiger partial charge in [-0.3, -0.25) is 0 Å². The Kier molecular flexibility index (Phi) is 6.67. The minimum Gasteiger partial charge on any atom is -0.507 e. The molecule has 0 aromatic heterocycles. The Bertz CT molecular complexity index is 510. The maximum Gasteiger partial charge on any atom is 0.123 e. The van der Waals surface area contributed by atoms with Crippen LogP contribution in [-0.2, 0) is 17.4 Å². The molecule has 0 aliphatic rings. The Morgan fingerprint density at radius 1 is 0.957 bits per heavy atom. The SMILES string of the molecule is CN(CCCCO)Cc1cc(C(C)(C)C)cc(C(C)(C)C)c1O. The van der Waals surface area contributed by atoms with Crippen molar-refractivity contribution in [2.45, 2.75) is 71.8 Å². The van der Waals surface area contributed by atoms with E-state index in [0.29, 0.717) is 5.75 Å². The molecule has 0 bridgehead atoms. The molecule has 132 valence electrons. The molecule has 1 aromatic carbocycles. The normalized spacial score (nSPS) is 12.9. The van der Waals surface area contributed by atoms with Crippen LogP contribution in [0, 0.1) is 0 Å². The Morgan fingerprint density at radius 2 is 1.57 bits per heavy atom. The summed E-state index contributed by atoms with van der Waals surface area (Å²) in [6, 6.07) is 4.30. The number of aromatic hydroxyl groups is 1. The van der Waals surface area contributed by atoms with Gasteiger partial charge in [0, 0.05) is 18.7 Å². The lowest BCUT2D eigenvalue weighted by Crippen LogP contribution is -2.22. The fraction of sp³-hybridized carbons (Fsp3) is 0.700. The van der Waals surface area contributed by atoms with Gasteiger partial charge in [0.25, 0.3) is 0 Å². The van der Waals surface area contributed by atoms with E-state index in [4.69, 9.17) is 5.11 Å². The van der Waals surface area contributed by atoms with Crippen molar-refractivity contribution in [3.05, 3.63) is 28.8 Å². The van der Waals surface area contributed by atoms with Crippen LogP contribution in [-0.4, -0.2) is 35.3 Å². The number of unbranched alkanes of at least 4 members (excludes halogenated alkanes) is 1. The lowest BCUT2D eigenvalue weighted by molar-refractivity contribution is 0.259. The van der Waals surface area contributed by atoms with Gasteiger partial charge in [0.1, 0.15) is 5.75 Å². The molecule has 1 rings (SSSR count). The second-order valence-corrected chi connectivity index (χ2v) is 8.70. The number of aliphatic hydroxyl groups excluding tert-OH is 1. The van der Waals surface area contributed by atoms with E-state index in [-0.39, 0.29) is 17.4 Å². The molecule has 0 spiro atoms. The van der Waals surface area contributed by atoms with Crippen molar-refractivity contribution < 1.29 is 10.2 Å². The van der Waals surface area contributed by atoms with Crippen LogP contribution >= 0.6 is 0 Å². The van der Waals surface area contributed by atoms with Crippen molar-refractivity contribution >= 4 is 0 Å². The molecule has 0 heterocycles. The molecule has 2 N–H and O–H groups in total. The third kappa shape index (κ3) is 5.82. The molecular formula is C20H35NO2. The van der Waals surface area contributed by atoms with Gasteiger partial charge in [-0.25, -0.2) is 0 Å². The predicted octanol–water partition coefficient (Wildman–Crippen LogP) is 4.19. The van der Waals surface area contributed by atoms with Crippen LogP contribution in [0.25, 0.3) is 0 Å². The van der Waals surface area contributed by atoms with Gasteiger partial charge in [-0.05, 0) is 48.4 Å². The molecule has 0 radical (unpaired) electrons. The second-order valence-electron chi connectivity index (χ2n) is 8.70.